The number of carbonyl (C=O) groups excluding carboxylic acids is 1. The monoisotopic (exact) mass is 373 g/mol. The molecule has 3 heteroatoms. The molecule has 0 fully saturated rings. The second-order valence-corrected chi connectivity index (χ2v) is 7.17. The van der Waals surface area contributed by atoms with Gasteiger partial charge in [0.05, 0.1) is 6.54 Å². The summed E-state index contributed by atoms with van der Waals surface area (Å²) in [5.74, 6) is 0.426. The van der Waals surface area contributed by atoms with Crippen LogP contribution in [0, 0.1) is 6.92 Å². The van der Waals surface area contributed by atoms with Crippen LogP contribution >= 0.6 is 0 Å². The zero-order valence-corrected chi connectivity index (χ0v) is 16.6. The number of phenolic OH excluding ortho intramolecular Hbond substituents is 1. The van der Waals surface area contributed by atoms with Gasteiger partial charge in [-0.15, -0.1) is 0 Å². The van der Waals surface area contributed by atoms with E-state index in [0.29, 0.717) is 13.0 Å². The Balaban J connectivity index is 1.81. The Hall–Kier alpha value is -3.07. The van der Waals surface area contributed by atoms with Crippen LogP contribution in [-0.2, 0) is 11.3 Å². The molecule has 1 amide bonds. The van der Waals surface area contributed by atoms with E-state index in [1.165, 1.54) is 0 Å². The Morgan fingerprint density at radius 2 is 1.57 bits per heavy atom. The van der Waals surface area contributed by atoms with Crippen molar-refractivity contribution in [2.45, 2.75) is 39.7 Å². The van der Waals surface area contributed by atoms with Crippen LogP contribution in [0.25, 0.3) is 11.1 Å². The van der Waals surface area contributed by atoms with Gasteiger partial charge in [0.1, 0.15) is 5.75 Å². The minimum Gasteiger partial charge on any atom is -0.508 e. The fraction of sp³-hybridized carbons (Fsp3) is 0.240. The zero-order chi connectivity index (χ0) is 19.9. The van der Waals surface area contributed by atoms with Crippen LogP contribution < -0.4 is 4.90 Å². The molecule has 0 aromatic heterocycles. The molecular formula is C25H27NO2. The molecule has 0 aliphatic carbocycles. The number of hydrogen-bond acceptors (Lipinski definition) is 2. The number of phenols is 1. The number of nitrogens with zero attached hydrogens (tertiary/aromatic N) is 1. The molecule has 144 valence electrons. The fourth-order valence-corrected chi connectivity index (χ4v) is 3.22. The normalized spacial score (nSPS) is 10.6. The average Bonchev–Trinajstić information content (AvgIpc) is 2.71. The highest BCUT2D eigenvalue weighted by molar-refractivity contribution is 5.93. The van der Waals surface area contributed by atoms with E-state index in [1.807, 2.05) is 42.2 Å². The lowest BCUT2D eigenvalue weighted by molar-refractivity contribution is -0.118. The van der Waals surface area contributed by atoms with E-state index in [0.717, 1.165) is 40.8 Å². The molecule has 0 unspecified atom stereocenters. The number of aryl methyl sites for hydroxylation is 1. The third-order valence-corrected chi connectivity index (χ3v) is 4.85. The Bertz CT molecular complexity index is 914. The summed E-state index contributed by atoms with van der Waals surface area (Å²) in [6.07, 6.45) is 2.48. The molecule has 28 heavy (non-hydrogen) atoms. The lowest BCUT2D eigenvalue weighted by atomic mass is 10.0. The van der Waals surface area contributed by atoms with E-state index in [1.54, 1.807) is 12.1 Å². The van der Waals surface area contributed by atoms with Crippen molar-refractivity contribution in [2.75, 3.05) is 4.90 Å². The van der Waals surface area contributed by atoms with Gasteiger partial charge in [-0.2, -0.15) is 0 Å². The quantitative estimate of drug-likeness (QED) is 0.544. The molecule has 0 atom stereocenters. The maximum absolute atomic E-state index is 12.8. The highest BCUT2D eigenvalue weighted by Crippen LogP contribution is 2.24. The summed E-state index contributed by atoms with van der Waals surface area (Å²) < 4.78 is 0. The van der Waals surface area contributed by atoms with Crippen molar-refractivity contribution < 1.29 is 9.90 Å². The zero-order valence-electron chi connectivity index (χ0n) is 16.6. The third kappa shape index (κ3) is 5.01. The predicted octanol–water partition coefficient (Wildman–Crippen LogP) is 6.09. The maximum atomic E-state index is 12.8. The van der Waals surface area contributed by atoms with Crippen molar-refractivity contribution >= 4 is 11.6 Å². The molecule has 0 heterocycles. The molecule has 0 saturated heterocycles. The van der Waals surface area contributed by atoms with Gasteiger partial charge in [0.15, 0.2) is 0 Å². The van der Waals surface area contributed by atoms with Crippen LogP contribution in [0.1, 0.15) is 37.3 Å². The lowest BCUT2D eigenvalue weighted by Crippen LogP contribution is -2.30. The SMILES string of the molecule is CCCCC(=O)N(Cc1ccc(-c2ccc(O)cc2)cc1)c1cccc(C)c1. The molecule has 3 aromatic rings. The third-order valence-electron chi connectivity index (χ3n) is 4.85. The first-order valence-corrected chi connectivity index (χ1v) is 9.82. The van der Waals surface area contributed by atoms with Gasteiger partial charge >= 0.3 is 0 Å². The number of anilines is 1. The summed E-state index contributed by atoms with van der Waals surface area (Å²) in [5.41, 5.74) is 5.33. The van der Waals surface area contributed by atoms with Gasteiger partial charge in [0, 0.05) is 12.1 Å². The van der Waals surface area contributed by atoms with E-state index >= 15 is 0 Å². The number of amides is 1. The minimum absolute atomic E-state index is 0.162. The van der Waals surface area contributed by atoms with Crippen LogP contribution in [-0.4, -0.2) is 11.0 Å². The summed E-state index contributed by atoms with van der Waals surface area (Å²) in [5, 5.41) is 9.45. The van der Waals surface area contributed by atoms with Crippen LogP contribution in [0.2, 0.25) is 0 Å². The van der Waals surface area contributed by atoms with Crippen molar-refractivity contribution in [3.63, 3.8) is 0 Å². The highest BCUT2D eigenvalue weighted by atomic mass is 16.3. The second kappa shape index (κ2) is 9.23. The smallest absolute Gasteiger partial charge is 0.227 e. The van der Waals surface area contributed by atoms with Crippen molar-refractivity contribution in [3.05, 3.63) is 83.9 Å². The van der Waals surface area contributed by atoms with E-state index in [2.05, 4.69) is 37.3 Å². The van der Waals surface area contributed by atoms with Gasteiger partial charge in [0.2, 0.25) is 5.91 Å². The fourth-order valence-electron chi connectivity index (χ4n) is 3.22. The largest absolute Gasteiger partial charge is 0.508 e. The Morgan fingerprint density at radius 1 is 0.929 bits per heavy atom. The molecule has 0 aliphatic heterocycles. The molecule has 3 rings (SSSR count). The Morgan fingerprint density at radius 3 is 2.18 bits per heavy atom. The Labute approximate surface area is 167 Å². The van der Waals surface area contributed by atoms with Crippen molar-refractivity contribution in [3.8, 4) is 16.9 Å². The van der Waals surface area contributed by atoms with Crippen molar-refractivity contribution in [2.24, 2.45) is 0 Å². The molecule has 3 nitrogen and oxygen atoms in total. The number of benzene rings is 3. The van der Waals surface area contributed by atoms with Gasteiger partial charge in [-0.3, -0.25) is 4.79 Å². The predicted molar refractivity (Wildman–Crippen MR) is 115 cm³/mol. The molecule has 0 aliphatic rings. The van der Waals surface area contributed by atoms with Crippen molar-refractivity contribution in [1.82, 2.24) is 0 Å². The number of unbranched alkanes of at least 4 members (excludes halogenated alkanes) is 1. The number of carbonyl (C=O) groups is 1. The van der Waals surface area contributed by atoms with Crippen LogP contribution in [0.4, 0.5) is 5.69 Å². The van der Waals surface area contributed by atoms with Gasteiger partial charge < -0.3 is 10.0 Å². The van der Waals surface area contributed by atoms with Gasteiger partial charge in [-0.25, -0.2) is 0 Å². The van der Waals surface area contributed by atoms with E-state index in [4.69, 9.17) is 0 Å². The molecule has 0 bridgehead atoms. The second-order valence-electron chi connectivity index (χ2n) is 7.17. The summed E-state index contributed by atoms with van der Waals surface area (Å²) in [6.45, 7) is 4.71. The topological polar surface area (TPSA) is 40.5 Å². The first-order chi connectivity index (χ1) is 13.6. The van der Waals surface area contributed by atoms with E-state index in [9.17, 15) is 9.90 Å². The summed E-state index contributed by atoms with van der Waals surface area (Å²) in [6, 6.07) is 23.6. The number of aromatic hydroxyl groups is 1. The average molecular weight is 373 g/mol. The van der Waals surface area contributed by atoms with Crippen LogP contribution in [0.3, 0.4) is 0 Å². The van der Waals surface area contributed by atoms with Gasteiger partial charge in [0.25, 0.3) is 0 Å². The summed E-state index contributed by atoms with van der Waals surface area (Å²) >= 11 is 0. The first kappa shape index (κ1) is 19.7. The lowest BCUT2D eigenvalue weighted by Gasteiger charge is -2.24. The van der Waals surface area contributed by atoms with Crippen LogP contribution in [0.5, 0.6) is 5.75 Å². The van der Waals surface area contributed by atoms with Gasteiger partial charge in [-0.05, 0) is 59.9 Å². The number of rotatable bonds is 7. The number of hydrogen-bond donors (Lipinski definition) is 1. The highest BCUT2D eigenvalue weighted by Gasteiger charge is 2.16. The summed E-state index contributed by atoms with van der Waals surface area (Å²) in [7, 11) is 0. The van der Waals surface area contributed by atoms with Crippen molar-refractivity contribution in [1.29, 1.82) is 0 Å². The molecule has 0 spiro atoms. The first-order valence-electron chi connectivity index (χ1n) is 9.82. The Kier molecular flexibility index (Phi) is 6.49. The summed E-state index contributed by atoms with van der Waals surface area (Å²) in [4.78, 5) is 14.7. The minimum atomic E-state index is 0.162. The molecule has 0 radical (unpaired) electrons. The molecule has 3 aromatic carbocycles. The van der Waals surface area contributed by atoms with Crippen LogP contribution in [0.15, 0.2) is 72.8 Å². The standard InChI is InChI=1S/C25H27NO2/c1-3-4-8-25(28)26(23-7-5-6-19(2)17-23)18-20-9-11-21(12-10-20)22-13-15-24(27)16-14-22/h5-7,9-17,27H,3-4,8,18H2,1-2H3. The molecular weight excluding hydrogens is 346 g/mol. The van der Waals surface area contributed by atoms with E-state index < -0.39 is 0 Å². The van der Waals surface area contributed by atoms with Gasteiger partial charge in [-0.1, -0.05) is 61.9 Å². The maximum Gasteiger partial charge on any atom is 0.227 e. The molecule has 0 saturated carbocycles. The van der Waals surface area contributed by atoms with E-state index in [-0.39, 0.29) is 11.7 Å². The molecule has 1 N–H and O–H groups in total.